The Morgan fingerprint density at radius 2 is 2.40 bits per heavy atom. The van der Waals surface area contributed by atoms with Crippen molar-refractivity contribution in [3.63, 3.8) is 0 Å². The molecule has 0 aliphatic carbocycles. The fourth-order valence-corrected chi connectivity index (χ4v) is 2.59. The molecule has 0 unspecified atom stereocenters. The number of hydrogen-bond donors (Lipinski definition) is 1. The second-order valence-electron chi connectivity index (χ2n) is 4.24. The van der Waals surface area contributed by atoms with Crippen LogP contribution >= 0.6 is 11.3 Å². The van der Waals surface area contributed by atoms with Gasteiger partial charge in [-0.2, -0.15) is 16.4 Å². The zero-order chi connectivity index (χ0) is 13.8. The highest BCUT2D eigenvalue weighted by Gasteiger charge is 2.18. The molecule has 102 valence electrons. The zero-order valence-corrected chi connectivity index (χ0v) is 11.4. The summed E-state index contributed by atoms with van der Waals surface area (Å²) in [5.41, 5.74) is 0.675. The molecule has 0 aromatic carbocycles. The van der Waals surface area contributed by atoms with Crippen molar-refractivity contribution in [3.8, 4) is 0 Å². The summed E-state index contributed by atoms with van der Waals surface area (Å²) in [6, 6.07) is 7.20. The van der Waals surface area contributed by atoms with E-state index >= 15 is 0 Å². The summed E-state index contributed by atoms with van der Waals surface area (Å²) >= 11 is 1.50. The summed E-state index contributed by atoms with van der Waals surface area (Å²) in [6.07, 6.45) is 5.17. The summed E-state index contributed by atoms with van der Waals surface area (Å²) in [7, 11) is 0. The highest BCUT2D eigenvalue weighted by molar-refractivity contribution is 7.08. The van der Waals surface area contributed by atoms with Crippen LogP contribution in [0.3, 0.4) is 0 Å². The minimum Gasteiger partial charge on any atom is -0.467 e. The number of rotatable bonds is 5. The fourth-order valence-electron chi connectivity index (χ4n) is 1.96. The zero-order valence-electron chi connectivity index (χ0n) is 10.6. The molecule has 0 bridgehead atoms. The molecule has 6 heteroatoms. The van der Waals surface area contributed by atoms with Gasteiger partial charge in [-0.05, 0) is 29.6 Å². The van der Waals surface area contributed by atoms with E-state index in [0.29, 0.717) is 12.1 Å². The van der Waals surface area contributed by atoms with Gasteiger partial charge in [0.2, 0.25) is 0 Å². The Kier molecular flexibility index (Phi) is 3.64. The average molecular weight is 287 g/mol. The van der Waals surface area contributed by atoms with Crippen molar-refractivity contribution in [1.82, 2.24) is 15.1 Å². The Labute approximate surface area is 119 Å². The first-order chi connectivity index (χ1) is 9.84. The predicted octanol–water partition coefficient (Wildman–Crippen LogP) is 2.56. The highest BCUT2D eigenvalue weighted by atomic mass is 32.1. The number of carbonyl (C=O) groups is 1. The van der Waals surface area contributed by atoms with E-state index in [1.165, 1.54) is 11.3 Å². The molecule has 5 nitrogen and oxygen atoms in total. The molecule has 0 radical (unpaired) electrons. The Bertz CT molecular complexity index is 610. The average Bonchev–Trinajstić information content (AvgIpc) is 3.22. The van der Waals surface area contributed by atoms with E-state index in [0.717, 1.165) is 5.76 Å². The molecular formula is C14H13N3O2S. The molecule has 3 heterocycles. The number of hydrogen-bond acceptors (Lipinski definition) is 4. The van der Waals surface area contributed by atoms with Gasteiger partial charge in [-0.1, -0.05) is 0 Å². The molecule has 0 saturated heterocycles. The monoisotopic (exact) mass is 287 g/mol. The molecule has 3 aromatic heterocycles. The Morgan fingerprint density at radius 1 is 1.45 bits per heavy atom. The standard InChI is InChI=1S/C14H13N3O2S/c18-14(11-4-8-20-10-11)15-9-12(13-3-1-7-19-13)17-6-2-5-16-17/h1-8,10,12H,9H2,(H,15,18)/t12-/m0/s1. The van der Waals surface area contributed by atoms with Crippen LogP contribution in [0.15, 0.2) is 58.1 Å². The van der Waals surface area contributed by atoms with Gasteiger partial charge >= 0.3 is 0 Å². The lowest BCUT2D eigenvalue weighted by atomic mass is 10.2. The maximum Gasteiger partial charge on any atom is 0.252 e. The van der Waals surface area contributed by atoms with E-state index in [1.54, 1.807) is 23.2 Å². The van der Waals surface area contributed by atoms with Crippen molar-refractivity contribution >= 4 is 17.2 Å². The van der Waals surface area contributed by atoms with Crippen LogP contribution in [-0.2, 0) is 0 Å². The van der Waals surface area contributed by atoms with E-state index in [1.807, 2.05) is 35.2 Å². The van der Waals surface area contributed by atoms with Crippen molar-refractivity contribution < 1.29 is 9.21 Å². The minimum absolute atomic E-state index is 0.0880. The third kappa shape index (κ3) is 2.65. The van der Waals surface area contributed by atoms with Gasteiger partial charge in [0.25, 0.3) is 5.91 Å². The molecule has 3 aromatic rings. The summed E-state index contributed by atoms with van der Waals surface area (Å²) in [4.78, 5) is 12.0. The van der Waals surface area contributed by atoms with Crippen LogP contribution in [0.5, 0.6) is 0 Å². The molecule has 1 N–H and O–H groups in total. The van der Waals surface area contributed by atoms with Crippen molar-refractivity contribution in [1.29, 1.82) is 0 Å². The Balaban J connectivity index is 1.73. The van der Waals surface area contributed by atoms with Gasteiger partial charge in [0.15, 0.2) is 0 Å². The van der Waals surface area contributed by atoms with Crippen LogP contribution in [0.4, 0.5) is 0 Å². The number of thiophene rings is 1. The lowest BCUT2D eigenvalue weighted by molar-refractivity contribution is 0.0948. The number of amides is 1. The Hall–Kier alpha value is -2.34. The number of carbonyl (C=O) groups excluding carboxylic acids is 1. The van der Waals surface area contributed by atoms with Crippen LogP contribution in [0, 0.1) is 0 Å². The van der Waals surface area contributed by atoms with Crippen molar-refractivity contribution in [2.24, 2.45) is 0 Å². The normalized spacial score (nSPS) is 12.2. The minimum atomic E-state index is -0.150. The summed E-state index contributed by atoms with van der Waals surface area (Å²) in [5, 5.41) is 10.8. The van der Waals surface area contributed by atoms with Crippen molar-refractivity contribution in [2.45, 2.75) is 6.04 Å². The number of aromatic nitrogens is 2. The van der Waals surface area contributed by atoms with Crippen LogP contribution in [0.1, 0.15) is 22.2 Å². The molecule has 1 atom stereocenters. The smallest absolute Gasteiger partial charge is 0.252 e. The van der Waals surface area contributed by atoms with E-state index in [2.05, 4.69) is 10.4 Å². The van der Waals surface area contributed by atoms with Gasteiger partial charge in [-0.3, -0.25) is 9.48 Å². The first kappa shape index (κ1) is 12.7. The third-order valence-corrected chi connectivity index (χ3v) is 3.64. The molecule has 0 aliphatic rings. The second-order valence-corrected chi connectivity index (χ2v) is 5.02. The van der Waals surface area contributed by atoms with Crippen LogP contribution in [-0.4, -0.2) is 22.2 Å². The largest absolute Gasteiger partial charge is 0.467 e. The quantitative estimate of drug-likeness (QED) is 0.784. The molecule has 1 amide bonds. The van der Waals surface area contributed by atoms with E-state index < -0.39 is 0 Å². The van der Waals surface area contributed by atoms with Crippen LogP contribution < -0.4 is 5.32 Å². The number of furan rings is 1. The van der Waals surface area contributed by atoms with Crippen molar-refractivity contribution in [3.05, 3.63) is 65.0 Å². The first-order valence-corrected chi connectivity index (χ1v) is 7.12. The number of nitrogens with one attached hydrogen (secondary N) is 1. The summed E-state index contributed by atoms with van der Waals surface area (Å²) in [5.74, 6) is 0.675. The maximum absolute atomic E-state index is 12.0. The molecule has 20 heavy (non-hydrogen) atoms. The fraction of sp³-hybridized carbons (Fsp3) is 0.143. The topological polar surface area (TPSA) is 60.1 Å². The van der Waals surface area contributed by atoms with E-state index in [9.17, 15) is 4.79 Å². The van der Waals surface area contributed by atoms with Gasteiger partial charge < -0.3 is 9.73 Å². The van der Waals surface area contributed by atoms with Gasteiger partial charge in [-0.25, -0.2) is 0 Å². The van der Waals surface area contributed by atoms with Gasteiger partial charge in [0.05, 0.1) is 6.26 Å². The van der Waals surface area contributed by atoms with Crippen LogP contribution in [0.25, 0.3) is 0 Å². The molecule has 0 fully saturated rings. The summed E-state index contributed by atoms with van der Waals surface area (Å²) < 4.78 is 7.20. The van der Waals surface area contributed by atoms with Gasteiger partial charge in [0, 0.05) is 29.9 Å². The summed E-state index contributed by atoms with van der Waals surface area (Å²) in [6.45, 7) is 0.421. The van der Waals surface area contributed by atoms with Gasteiger partial charge in [0.1, 0.15) is 11.8 Å². The lowest BCUT2D eigenvalue weighted by Crippen LogP contribution is -2.31. The Morgan fingerprint density at radius 3 is 3.05 bits per heavy atom. The molecule has 0 saturated carbocycles. The maximum atomic E-state index is 12.0. The van der Waals surface area contributed by atoms with E-state index in [-0.39, 0.29) is 11.9 Å². The third-order valence-electron chi connectivity index (χ3n) is 2.96. The molecular weight excluding hydrogens is 274 g/mol. The SMILES string of the molecule is O=C(NC[C@@H](c1ccco1)n1cccn1)c1ccsc1. The van der Waals surface area contributed by atoms with Crippen LogP contribution in [0.2, 0.25) is 0 Å². The second kappa shape index (κ2) is 5.75. The molecule has 0 aliphatic heterocycles. The molecule has 3 rings (SSSR count). The lowest BCUT2D eigenvalue weighted by Gasteiger charge is -2.16. The number of nitrogens with zero attached hydrogens (tertiary/aromatic N) is 2. The first-order valence-electron chi connectivity index (χ1n) is 6.17. The van der Waals surface area contributed by atoms with E-state index in [4.69, 9.17) is 4.42 Å². The van der Waals surface area contributed by atoms with Gasteiger partial charge in [-0.15, -0.1) is 0 Å². The van der Waals surface area contributed by atoms with Crippen molar-refractivity contribution in [2.75, 3.05) is 6.54 Å². The predicted molar refractivity (Wildman–Crippen MR) is 75.7 cm³/mol. The highest BCUT2D eigenvalue weighted by Crippen LogP contribution is 2.17. The molecule has 0 spiro atoms.